The van der Waals surface area contributed by atoms with Crippen LogP contribution in [0.25, 0.3) is 0 Å². The highest BCUT2D eigenvalue weighted by atomic mass is 16.7. The molecule has 0 unspecified atom stereocenters. The van der Waals surface area contributed by atoms with Crippen LogP contribution in [0.5, 0.6) is 11.5 Å². The minimum atomic E-state index is -1.34. The fourth-order valence-electron chi connectivity index (χ4n) is 10.2. The topological polar surface area (TPSA) is 132 Å². The number of allylic oxidation sites excluding steroid dienone is 1. The Balaban J connectivity index is 1.58. The fourth-order valence-corrected chi connectivity index (χ4v) is 10.2. The minimum Gasteiger partial charge on any atom is -0.487 e. The van der Waals surface area contributed by atoms with Crippen LogP contribution < -0.4 is 9.47 Å². The molecule has 11 heteroatoms. The number of carbonyl (C=O) groups is 1. The van der Waals surface area contributed by atoms with Gasteiger partial charge < -0.3 is 34.0 Å². The second-order valence-corrected chi connectivity index (χ2v) is 19.5. The van der Waals surface area contributed by atoms with Crippen LogP contribution in [-0.4, -0.2) is 82.3 Å². The molecule has 5 rings (SSSR count). The molecule has 1 aromatic carbocycles. The summed E-state index contributed by atoms with van der Waals surface area (Å²) in [4.78, 5) is 27.4. The lowest BCUT2D eigenvalue weighted by atomic mass is 9.55. The Bertz CT molecular complexity index is 1820. The van der Waals surface area contributed by atoms with Crippen LogP contribution in [0.2, 0.25) is 0 Å². The molecule has 11 nitrogen and oxygen atoms in total. The van der Waals surface area contributed by atoms with Crippen LogP contribution in [0.3, 0.4) is 0 Å². The van der Waals surface area contributed by atoms with Gasteiger partial charge >= 0.3 is 6.09 Å². The van der Waals surface area contributed by atoms with Gasteiger partial charge in [-0.05, 0) is 114 Å². The smallest absolute Gasteiger partial charge is 0.410 e. The Kier molecular flexibility index (Phi) is 21.2. The molecule has 2 N–H and O–H groups in total. The number of aryl methyl sites for hydroxylation is 1. The number of unbranched alkanes of at least 4 members (excludes halogenated alkanes) is 11. The molecular formula is C54H83N3O8. The summed E-state index contributed by atoms with van der Waals surface area (Å²) in [7, 11) is 0. The molecule has 1 amide bonds. The van der Waals surface area contributed by atoms with Crippen LogP contribution in [0, 0.1) is 24.7 Å². The standard InChI is InChI=1S/C54H83N3O8/c1-8-11-12-13-14-15-16-17-18-23-35-61-52(60)57(31-9-2)49-38-47(56-65-53(5,6)7)45-36-41(26-19-21-32-58)44(28-20-22-33-59)50-46-37-43(62-39-42-27-24-25-40(4)55-42)29-30-48(46)64-54(49,51(45)50)63-34-10-3/h10,24-25,27,29-30,36-37,41,44,49-51,58-59H,3,8-9,11-23,26,28,31-35,38-39H2,1-2,4-7H3/t41-,44+,49-,50+,51+,54+/m0/s1. The molecule has 1 aromatic heterocycles. The zero-order valence-electron chi connectivity index (χ0n) is 40.9. The number of fused-ring (bicyclic) bond motifs is 2. The van der Waals surface area contributed by atoms with Crippen LogP contribution in [0.15, 0.2) is 65.9 Å². The number of nitrogens with zero attached hydrogens (tertiary/aromatic N) is 3. The summed E-state index contributed by atoms with van der Waals surface area (Å²) in [6.07, 6.45) is 21.6. The monoisotopic (exact) mass is 902 g/mol. The van der Waals surface area contributed by atoms with Gasteiger partial charge in [0.15, 0.2) is 0 Å². The van der Waals surface area contributed by atoms with Crippen molar-refractivity contribution in [2.75, 3.05) is 33.0 Å². The summed E-state index contributed by atoms with van der Waals surface area (Å²) in [5.41, 5.74) is 3.99. The number of hydrogen-bond donors (Lipinski definition) is 2. The predicted molar refractivity (Wildman–Crippen MR) is 259 cm³/mol. The number of carbonyl (C=O) groups excluding carboxylic acids is 1. The summed E-state index contributed by atoms with van der Waals surface area (Å²) in [5, 5.41) is 24.9. The maximum atomic E-state index is 14.6. The zero-order chi connectivity index (χ0) is 46.7. The van der Waals surface area contributed by atoms with E-state index >= 15 is 0 Å². The number of hydrogen-bond acceptors (Lipinski definition) is 10. The first kappa shape index (κ1) is 52.0. The molecule has 1 saturated carbocycles. The van der Waals surface area contributed by atoms with Crippen molar-refractivity contribution in [2.45, 2.75) is 187 Å². The minimum absolute atomic E-state index is 0.100. The SMILES string of the molecule is C=CCO[C@@]12Oc3ccc(OCc4cccc(C)n4)cc3[C@H]3[C@H](CCCCO)[C@@H](CCCCO)C=C(C(=NOC(C)(C)C)C[C@@H]1N(CCC)C(=O)OCCCCCCCCCCCC)[C@H]32. The molecular weight excluding hydrogens is 819 g/mol. The molecule has 362 valence electrons. The molecule has 0 saturated heterocycles. The van der Waals surface area contributed by atoms with Gasteiger partial charge in [-0.15, -0.1) is 6.58 Å². The lowest BCUT2D eigenvalue weighted by Crippen LogP contribution is -2.70. The maximum Gasteiger partial charge on any atom is 0.410 e. The third kappa shape index (κ3) is 14.5. The summed E-state index contributed by atoms with van der Waals surface area (Å²) >= 11 is 0. The number of amides is 1. The van der Waals surface area contributed by atoms with Crippen LogP contribution in [0.4, 0.5) is 4.79 Å². The third-order valence-electron chi connectivity index (χ3n) is 13.2. The summed E-state index contributed by atoms with van der Waals surface area (Å²) in [6, 6.07) is 11.4. The van der Waals surface area contributed by atoms with Crippen LogP contribution >= 0.6 is 0 Å². The first-order valence-electron chi connectivity index (χ1n) is 25.3. The van der Waals surface area contributed by atoms with Gasteiger partial charge in [0.2, 0.25) is 5.79 Å². The van der Waals surface area contributed by atoms with Crippen molar-refractivity contribution in [2.24, 2.45) is 22.9 Å². The molecule has 0 spiro atoms. The second kappa shape index (κ2) is 26.4. The fraction of sp³-hybridized carbons (Fsp3) is 0.685. The number of ether oxygens (including phenoxy) is 4. The van der Waals surface area contributed by atoms with E-state index in [1.54, 1.807) is 6.08 Å². The summed E-state index contributed by atoms with van der Waals surface area (Å²) in [5.74, 6) is -0.299. The average molecular weight is 902 g/mol. The molecule has 6 atom stereocenters. The Labute approximate surface area is 391 Å². The Hall–Kier alpha value is -3.93. The second-order valence-electron chi connectivity index (χ2n) is 19.5. The zero-order valence-corrected chi connectivity index (χ0v) is 40.9. The largest absolute Gasteiger partial charge is 0.487 e. The lowest BCUT2D eigenvalue weighted by molar-refractivity contribution is -0.255. The van der Waals surface area contributed by atoms with Crippen molar-refractivity contribution in [3.8, 4) is 11.5 Å². The summed E-state index contributed by atoms with van der Waals surface area (Å²) in [6.45, 7) is 17.9. The van der Waals surface area contributed by atoms with E-state index < -0.39 is 23.3 Å². The highest BCUT2D eigenvalue weighted by molar-refractivity contribution is 6.03. The Morgan fingerprint density at radius 2 is 1.65 bits per heavy atom. The Morgan fingerprint density at radius 1 is 0.938 bits per heavy atom. The molecule has 1 aliphatic heterocycles. The van der Waals surface area contributed by atoms with Crippen molar-refractivity contribution in [3.63, 3.8) is 0 Å². The van der Waals surface area contributed by atoms with Crippen molar-refractivity contribution in [3.05, 3.63) is 77.7 Å². The summed E-state index contributed by atoms with van der Waals surface area (Å²) < 4.78 is 27.2. The number of pyridine rings is 1. The number of aliphatic hydroxyl groups is 2. The van der Waals surface area contributed by atoms with Gasteiger partial charge in [-0.1, -0.05) is 108 Å². The maximum absolute atomic E-state index is 14.6. The normalized spacial score (nSPS) is 22.9. The number of benzene rings is 1. The van der Waals surface area contributed by atoms with Crippen LogP contribution in [0.1, 0.15) is 173 Å². The molecule has 2 aliphatic carbocycles. The highest BCUT2D eigenvalue weighted by Crippen LogP contribution is 2.62. The van der Waals surface area contributed by atoms with E-state index in [1.807, 2.05) is 62.9 Å². The van der Waals surface area contributed by atoms with Crippen molar-refractivity contribution < 1.29 is 38.8 Å². The molecule has 3 aliphatic rings. The third-order valence-corrected chi connectivity index (χ3v) is 13.2. The van der Waals surface area contributed by atoms with Crippen LogP contribution in [-0.2, 0) is 20.9 Å². The molecule has 1 fully saturated rings. The first-order valence-corrected chi connectivity index (χ1v) is 25.3. The average Bonchev–Trinajstić information content (AvgIpc) is 3.28. The van der Waals surface area contributed by atoms with Crippen molar-refractivity contribution in [1.29, 1.82) is 0 Å². The van der Waals surface area contributed by atoms with Gasteiger partial charge in [0, 0.05) is 43.4 Å². The number of aliphatic hydroxyl groups excluding tert-OH is 2. The Morgan fingerprint density at radius 3 is 2.31 bits per heavy atom. The van der Waals surface area contributed by atoms with Crippen molar-refractivity contribution in [1.82, 2.24) is 9.88 Å². The van der Waals surface area contributed by atoms with Gasteiger partial charge in [0.1, 0.15) is 29.7 Å². The van der Waals surface area contributed by atoms with Crippen molar-refractivity contribution >= 4 is 11.8 Å². The van der Waals surface area contributed by atoms with Gasteiger partial charge in [-0.3, -0.25) is 9.88 Å². The molecule has 0 bridgehead atoms. The van der Waals surface area contributed by atoms with Gasteiger partial charge in [-0.25, -0.2) is 4.79 Å². The van der Waals surface area contributed by atoms with Gasteiger partial charge in [0.05, 0.1) is 30.5 Å². The van der Waals surface area contributed by atoms with E-state index in [2.05, 4.69) is 37.6 Å². The van der Waals surface area contributed by atoms with E-state index in [-0.39, 0.29) is 43.7 Å². The number of rotatable bonds is 29. The van der Waals surface area contributed by atoms with Gasteiger partial charge in [0.25, 0.3) is 0 Å². The molecule has 0 radical (unpaired) electrons. The lowest BCUT2D eigenvalue weighted by Gasteiger charge is -2.60. The number of oxime groups is 1. The van der Waals surface area contributed by atoms with E-state index in [4.69, 9.17) is 28.9 Å². The van der Waals surface area contributed by atoms with E-state index in [0.29, 0.717) is 56.9 Å². The quantitative estimate of drug-likeness (QED) is 0.0465. The van der Waals surface area contributed by atoms with E-state index in [0.717, 1.165) is 73.2 Å². The molecule has 2 aromatic rings. The first-order chi connectivity index (χ1) is 31.5. The number of aromatic nitrogens is 1. The van der Waals surface area contributed by atoms with Gasteiger partial charge in [-0.2, -0.15) is 0 Å². The van der Waals surface area contributed by atoms with E-state index in [9.17, 15) is 15.0 Å². The highest BCUT2D eigenvalue weighted by Gasteiger charge is 2.65. The molecule has 2 heterocycles. The van der Waals surface area contributed by atoms with E-state index in [1.165, 1.54) is 44.9 Å². The molecule has 65 heavy (non-hydrogen) atoms. The predicted octanol–water partition coefficient (Wildman–Crippen LogP) is 12.2.